The fourth-order valence-corrected chi connectivity index (χ4v) is 5.65. The minimum atomic E-state index is -3.52. The molecular formula is C20H30N2O3S. The summed E-state index contributed by atoms with van der Waals surface area (Å²) in [5, 5.41) is 3.13. The average Bonchev–Trinajstić information content (AvgIpc) is 2.66. The fraction of sp³-hybridized carbons (Fsp3) is 0.650. The van der Waals surface area contributed by atoms with Gasteiger partial charge < -0.3 is 5.32 Å². The third-order valence-electron chi connectivity index (χ3n) is 6.07. The van der Waals surface area contributed by atoms with E-state index in [0.29, 0.717) is 30.5 Å². The van der Waals surface area contributed by atoms with E-state index < -0.39 is 10.0 Å². The summed E-state index contributed by atoms with van der Waals surface area (Å²) in [6.45, 7) is 5.55. The van der Waals surface area contributed by atoms with Crippen LogP contribution >= 0.6 is 0 Å². The van der Waals surface area contributed by atoms with Crippen LogP contribution in [0.3, 0.4) is 0 Å². The number of hydrogen-bond acceptors (Lipinski definition) is 3. The number of amides is 1. The molecule has 1 aromatic carbocycles. The Bertz CT molecular complexity index is 741. The van der Waals surface area contributed by atoms with Gasteiger partial charge in [-0.2, -0.15) is 4.31 Å². The number of nitrogens with zero attached hydrogens (tertiary/aromatic N) is 1. The maximum Gasteiger partial charge on any atom is 0.251 e. The SMILES string of the molecule is C[C@@H]1[C@@H](C)CCC[C@H]1NC(=O)c1cccc(S(=O)(=O)N2CCCCC2)c1. The quantitative estimate of drug-likeness (QED) is 0.873. The number of benzene rings is 1. The van der Waals surface area contributed by atoms with Crippen LogP contribution in [-0.2, 0) is 10.0 Å². The van der Waals surface area contributed by atoms with Crippen molar-refractivity contribution in [1.29, 1.82) is 0 Å². The number of hydrogen-bond donors (Lipinski definition) is 1. The number of piperidine rings is 1. The van der Waals surface area contributed by atoms with Crippen LogP contribution in [-0.4, -0.2) is 37.8 Å². The lowest BCUT2D eigenvalue weighted by atomic mass is 9.78. The Balaban J connectivity index is 1.75. The van der Waals surface area contributed by atoms with Gasteiger partial charge in [-0.25, -0.2) is 8.42 Å². The normalized spacial score (nSPS) is 27.8. The van der Waals surface area contributed by atoms with Crippen molar-refractivity contribution in [2.45, 2.75) is 63.3 Å². The van der Waals surface area contributed by atoms with E-state index in [4.69, 9.17) is 0 Å². The molecule has 2 fully saturated rings. The Morgan fingerprint density at radius 3 is 2.54 bits per heavy atom. The lowest BCUT2D eigenvalue weighted by Gasteiger charge is -2.34. The molecule has 1 amide bonds. The van der Waals surface area contributed by atoms with Crippen LogP contribution < -0.4 is 5.32 Å². The molecule has 1 heterocycles. The lowest BCUT2D eigenvalue weighted by Crippen LogP contribution is -2.43. The highest BCUT2D eigenvalue weighted by molar-refractivity contribution is 7.89. The van der Waals surface area contributed by atoms with Gasteiger partial charge in [-0.05, 0) is 49.3 Å². The second kappa shape index (κ2) is 8.09. The molecule has 1 aliphatic carbocycles. The highest BCUT2D eigenvalue weighted by atomic mass is 32.2. The number of nitrogens with one attached hydrogen (secondary N) is 1. The molecule has 0 unspecified atom stereocenters. The first-order valence-electron chi connectivity index (χ1n) is 9.80. The standard InChI is InChI=1S/C20H30N2O3S/c1-15-8-6-11-19(16(15)2)21-20(23)17-9-7-10-18(14-17)26(24,25)22-12-4-3-5-13-22/h7,9-10,14-16,19H,3-6,8,11-13H2,1-2H3,(H,21,23)/t15-,16+,19+/m0/s1. The third-order valence-corrected chi connectivity index (χ3v) is 7.97. The van der Waals surface area contributed by atoms with Crippen LogP contribution in [0.5, 0.6) is 0 Å². The second-order valence-electron chi connectivity index (χ2n) is 7.84. The van der Waals surface area contributed by atoms with Gasteiger partial charge in [0.1, 0.15) is 0 Å². The maximum absolute atomic E-state index is 12.8. The van der Waals surface area contributed by atoms with Crippen molar-refractivity contribution in [3.05, 3.63) is 29.8 Å². The second-order valence-corrected chi connectivity index (χ2v) is 9.78. The largest absolute Gasteiger partial charge is 0.349 e. The van der Waals surface area contributed by atoms with Gasteiger partial charge >= 0.3 is 0 Å². The molecule has 2 aliphatic rings. The van der Waals surface area contributed by atoms with E-state index in [-0.39, 0.29) is 16.8 Å². The van der Waals surface area contributed by atoms with Gasteiger partial charge in [-0.1, -0.05) is 39.2 Å². The Hall–Kier alpha value is -1.40. The predicted octanol–water partition coefficient (Wildman–Crippen LogP) is 3.42. The molecule has 6 heteroatoms. The van der Waals surface area contributed by atoms with E-state index in [1.165, 1.54) is 12.5 Å². The van der Waals surface area contributed by atoms with Gasteiger partial charge in [0.15, 0.2) is 0 Å². The molecule has 26 heavy (non-hydrogen) atoms. The van der Waals surface area contributed by atoms with Gasteiger partial charge in [0.25, 0.3) is 5.91 Å². The Morgan fingerprint density at radius 1 is 1.08 bits per heavy atom. The van der Waals surface area contributed by atoms with Gasteiger partial charge in [0, 0.05) is 24.7 Å². The van der Waals surface area contributed by atoms with E-state index in [1.807, 2.05) is 0 Å². The summed E-state index contributed by atoms with van der Waals surface area (Å²) in [7, 11) is -3.52. The number of sulfonamides is 1. The number of carbonyl (C=O) groups excluding carboxylic acids is 1. The first-order valence-corrected chi connectivity index (χ1v) is 11.2. The number of carbonyl (C=O) groups is 1. The fourth-order valence-electron chi connectivity index (χ4n) is 4.09. The number of rotatable bonds is 4. The molecular weight excluding hydrogens is 348 g/mol. The van der Waals surface area contributed by atoms with E-state index in [0.717, 1.165) is 32.1 Å². The van der Waals surface area contributed by atoms with Crippen LogP contribution in [0, 0.1) is 11.8 Å². The maximum atomic E-state index is 12.8. The summed E-state index contributed by atoms with van der Waals surface area (Å²) < 4.78 is 27.2. The van der Waals surface area contributed by atoms with Crippen LogP contribution in [0.1, 0.15) is 62.7 Å². The van der Waals surface area contributed by atoms with Gasteiger partial charge in [-0.3, -0.25) is 4.79 Å². The van der Waals surface area contributed by atoms with Gasteiger partial charge in [0.2, 0.25) is 10.0 Å². The van der Waals surface area contributed by atoms with Crippen molar-refractivity contribution in [2.24, 2.45) is 11.8 Å². The first kappa shape index (κ1) is 19.4. The highest BCUT2D eigenvalue weighted by Gasteiger charge is 2.29. The Kier molecular flexibility index (Phi) is 6.03. The van der Waals surface area contributed by atoms with Gasteiger partial charge in [-0.15, -0.1) is 0 Å². The summed E-state index contributed by atoms with van der Waals surface area (Å²) in [4.78, 5) is 12.9. The van der Waals surface area contributed by atoms with Crippen LogP contribution in [0.25, 0.3) is 0 Å². The zero-order chi connectivity index (χ0) is 18.7. The molecule has 1 aliphatic heterocycles. The molecule has 144 valence electrons. The molecule has 0 radical (unpaired) electrons. The molecule has 3 rings (SSSR count). The van der Waals surface area contributed by atoms with E-state index >= 15 is 0 Å². The predicted molar refractivity (Wildman–Crippen MR) is 102 cm³/mol. The lowest BCUT2D eigenvalue weighted by molar-refractivity contribution is 0.0891. The zero-order valence-electron chi connectivity index (χ0n) is 15.8. The molecule has 0 aromatic heterocycles. The minimum Gasteiger partial charge on any atom is -0.349 e. The Labute approximate surface area is 157 Å². The molecule has 1 N–H and O–H groups in total. The van der Waals surface area contributed by atoms with Crippen molar-refractivity contribution >= 4 is 15.9 Å². The van der Waals surface area contributed by atoms with Crippen molar-refractivity contribution < 1.29 is 13.2 Å². The van der Waals surface area contributed by atoms with E-state index in [2.05, 4.69) is 19.2 Å². The van der Waals surface area contributed by atoms with E-state index in [9.17, 15) is 13.2 Å². The molecule has 1 saturated heterocycles. The minimum absolute atomic E-state index is 0.161. The summed E-state index contributed by atoms with van der Waals surface area (Å²) in [5.74, 6) is 0.861. The summed E-state index contributed by atoms with van der Waals surface area (Å²) in [6, 6.07) is 6.64. The zero-order valence-corrected chi connectivity index (χ0v) is 16.6. The summed E-state index contributed by atoms with van der Waals surface area (Å²) in [5.41, 5.74) is 0.425. The highest BCUT2D eigenvalue weighted by Crippen LogP contribution is 2.30. The summed E-state index contributed by atoms with van der Waals surface area (Å²) >= 11 is 0. The Morgan fingerprint density at radius 2 is 1.81 bits per heavy atom. The third kappa shape index (κ3) is 4.12. The van der Waals surface area contributed by atoms with Crippen molar-refractivity contribution in [1.82, 2.24) is 9.62 Å². The molecule has 1 aromatic rings. The first-order chi connectivity index (χ1) is 12.4. The average molecular weight is 379 g/mol. The van der Waals surface area contributed by atoms with Crippen LogP contribution in [0.15, 0.2) is 29.2 Å². The molecule has 0 bridgehead atoms. The van der Waals surface area contributed by atoms with Crippen LogP contribution in [0.2, 0.25) is 0 Å². The molecule has 0 spiro atoms. The smallest absolute Gasteiger partial charge is 0.251 e. The van der Waals surface area contributed by atoms with Crippen LogP contribution in [0.4, 0.5) is 0 Å². The topological polar surface area (TPSA) is 66.5 Å². The van der Waals surface area contributed by atoms with Crippen molar-refractivity contribution in [2.75, 3.05) is 13.1 Å². The molecule has 5 nitrogen and oxygen atoms in total. The molecule has 3 atom stereocenters. The summed E-state index contributed by atoms with van der Waals surface area (Å²) in [6.07, 6.45) is 6.20. The van der Waals surface area contributed by atoms with Crippen molar-refractivity contribution in [3.8, 4) is 0 Å². The molecule has 1 saturated carbocycles. The van der Waals surface area contributed by atoms with Gasteiger partial charge in [0.05, 0.1) is 4.90 Å². The monoisotopic (exact) mass is 378 g/mol. The van der Waals surface area contributed by atoms with Crippen molar-refractivity contribution in [3.63, 3.8) is 0 Å². The van der Waals surface area contributed by atoms with E-state index in [1.54, 1.807) is 22.5 Å².